The van der Waals surface area contributed by atoms with Gasteiger partial charge in [0, 0.05) is 47.9 Å². The highest BCUT2D eigenvalue weighted by molar-refractivity contribution is 7.89. The quantitative estimate of drug-likeness (QED) is 0.482. The standard InChI is InChI=1S/C20H34N4O3S/c1-21-19(23-16-20(13-14-27-4)11-7-8-12-20)22-15-17-9-5-6-10-18(17)28(25,26)24(2)3/h5-6,9-10H,7-8,11-16H2,1-4H3,(H2,21,22,23). The summed E-state index contributed by atoms with van der Waals surface area (Å²) in [5.41, 5.74) is 0.967. The lowest BCUT2D eigenvalue weighted by molar-refractivity contribution is 0.138. The van der Waals surface area contributed by atoms with Crippen molar-refractivity contribution in [1.82, 2.24) is 14.9 Å². The summed E-state index contributed by atoms with van der Waals surface area (Å²) in [6.07, 6.45) is 5.95. The molecule has 8 heteroatoms. The molecule has 0 heterocycles. The Morgan fingerprint density at radius 2 is 1.89 bits per heavy atom. The molecule has 1 saturated carbocycles. The van der Waals surface area contributed by atoms with Gasteiger partial charge >= 0.3 is 0 Å². The Morgan fingerprint density at radius 3 is 2.50 bits per heavy atom. The summed E-state index contributed by atoms with van der Waals surface area (Å²) < 4.78 is 31.6. The first kappa shape index (κ1) is 22.6. The maximum absolute atomic E-state index is 12.5. The summed E-state index contributed by atoms with van der Waals surface area (Å²) in [6, 6.07) is 7.06. The minimum absolute atomic E-state index is 0.250. The van der Waals surface area contributed by atoms with Crippen LogP contribution in [0.2, 0.25) is 0 Å². The van der Waals surface area contributed by atoms with Crippen molar-refractivity contribution in [3.8, 4) is 0 Å². The van der Waals surface area contributed by atoms with E-state index < -0.39 is 10.0 Å². The molecule has 0 spiro atoms. The maximum atomic E-state index is 12.5. The fraction of sp³-hybridized carbons (Fsp3) is 0.650. The third-order valence-electron chi connectivity index (χ3n) is 5.53. The molecule has 2 rings (SSSR count). The van der Waals surface area contributed by atoms with E-state index in [9.17, 15) is 8.42 Å². The number of guanidine groups is 1. The fourth-order valence-electron chi connectivity index (χ4n) is 3.73. The monoisotopic (exact) mass is 410 g/mol. The van der Waals surface area contributed by atoms with Gasteiger partial charge in [0.25, 0.3) is 0 Å². The first-order chi connectivity index (χ1) is 13.3. The molecule has 1 fully saturated rings. The van der Waals surface area contributed by atoms with Gasteiger partial charge in [0.15, 0.2) is 5.96 Å². The van der Waals surface area contributed by atoms with Crippen LogP contribution in [0.15, 0.2) is 34.2 Å². The second-order valence-corrected chi connectivity index (χ2v) is 9.74. The van der Waals surface area contributed by atoms with Gasteiger partial charge in [0.05, 0.1) is 4.90 Å². The van der Waals surface area contributed by atoms with Crippen LogP contribution < -0.4 is 10.6 Å². The molecule has 1 aromatic carbocycles. The molecule has 0 radical (unpaired) electrons. The second-order valence-electron chi connectivity index (χ2n) is 7.62. The van der Waals surface area contributed by atoms with E-state index in [0.717, 1.165) is 19.6 Å². The van der Waals surface area contributed by atoms with Crippen LogP contribution in [-0.4, -0.2) is 60.1 Å². The topological polar surface area (TPSA) is 83.0 Å². The number of sulfonamides is 1. The molecule has 0 bridgehead atoms. The number of methoxy groups -OCH3 is 1. The molecule has 1 aliphatic rings. The number of nitrogens with zero attached hydrogens (tertiary/aromatic N) is 2. The summed E-state index contributed by atoms with van der Waals surface area (Å²) in [5.74, 6) is 0.681. The number of aliphatic imine (C=N–C) groups is 1. The Labute approximate surface area is 169 Å². The van der Waals surface area contributed by atoms with Gasteiger partial charge in [0.2, 0.25) is 10.0 Å². The van der Waals surface area contributed by atoms with Crippen molar-refractivity contribution < 1.29 is 13.2 Å². The molecular formula is C20H34N4O3S. The number of rotatable bonds is 9. The van der Waals surface area contributed by atoms with Gasteiger partial charge in [-0.15, -0.1) is 0 Å². The van der Waals surface area contributed by atoms with Crippen LogP contribution in [0.25, 0.3) is 0 Å². The predicted molar refractivity (Wildman–Crippen MR) is 113 cm³/mol. The van der Waals surface area contributed by atoms with E-state index in [2.05, 4.69) is 15.6 Å². The molecule has 7 nitrogen and oxygen atoms in total. The van der Waals surface area contributed by atoms with E-state index in [0.29, 0.717) is 23.0 Å². The van der Waals surface area contributed by atoms with Crippen molar-refractivity contribution in [2.45, 2.75) is 43.5 Å². The zero-order valence-electron chi connectivity index (χ0n) is 17.5. The van der Waals surface area contributed by atoms with E-state index in [-0.39, 0.29) is 5.41 Å². The van der Waals surface area contributed by atoms with Crippen LogP contribution in [-0.2, 0) is 21.3 Å². The SMILES string of the molecule is CN=C(NCc1ccccc1S(=O)(=O)N(C)C)NCC1(CCOC)CCCC1. The summed E-state index contributed by atoms with van der Waals surface area (Å²) >= 11 is 0. The third kappa shape index (κ3) is 5.68. The minimum Gasteiger partial charge on any atom is -0.385 e. The fourth-order valence-corrected chi connectivity index (χ4v) is 4.84. The van der Waals surface area contributed by atoms with E-state index in [4.69, 9.17) is 4.74 Å². The Hall–Kier alpha value is -1.64. The summed E-state index contributed by atoms with van der Waals surface area (Å²) in [6.45, 7) is 1.99. The molecule has 0 aromatic heterocycles. The number of benzene rings is 1. The zero-order chi connectivity index (χ0) is 20.6. The van der Waals surface area contributed by atoms with Gasteiger partial charge in [-0.25, -0.2) is 12.7 Å². The molecule has 0 aliphatic heterocycles. The molecule has 1 aliphatic carbocycles. The molecule has 1 aromatic rings. The predicted octanol–water partition coefficient (Wildman–Crippen LogP) is 2.20. The zero-order valence-corrected chi connectivity index (χ0v) is 18.3. The summed E-state index contributed by atoms with van der Waals surface area (Å²) in [5, 5.41) is 6.69. The lowest BCUT2D eigenvalue weighted by atomic mass is 9.83. The second kappa shape index (κ2) is 10.2. The average Bonchev–Trinajstić information content (AvgIpc) is 3.15. The Balaban J connectivity index is 2.02. The molecule has 0 amide bonds. The van der Waals surface area contributed by atoms with Crippen LogP contribution in [0.4, 0.5) is 0 Å². The molecule has 158 valence electrons. The van der Waals surface area contributed by atoms with Gasteiger partial charge in [-0.3, -0.25) is 4.99 Å². The number of ether oxygens (including phenoxy) is 1. The smallest absolute Gasteiger partial charge is 0.242 e. The largest absolute Gasteiger partial charge is 0.385 e. The van der Waals surface area contributed by atoms with Gasteiger partial charge < -0.3 is 15.4 Å². The maximum Gasteiger partial charge on any atom is 0.242 e. The van der Waals surface area contributed by atoms with Crippen LogP contribution >= 0.6 is 0 Å². The van der Waals surface area contributed by atoms with Crippen LogP contribution in [0.5, 0.6) is 0 Å². The van der Waals surface area contributed by atoms with Gasteiger partial charge in [0.1, 0.15) is 0 Å². The van der Waals surface area contributed by atoms with Crippen molar-refractivity contribution in [3.63, 3.8) is 0 Å². The van der Waals surface area contributed by atoms with E-state index in [1.807, 2.05) is 12.1 Å². The van der Waals surface area contributed by atoms with Crippen molar-refractivity contribution in [1.29, 1.82) is 0 Å². The van der Waals surface area contributed by atoms with E-state index in [1.54, 1.807) is 40.4 Å². The molecule has 0 unspecified atom stereocenters. The molecule has 0 atom stereocenters. The first-order valence-electron chi connectivity index (χ1n) is 9.78. The molecule has 0 saturated heterocycles. The van der Waals surface area contributed by atoms with Gasteiger partial charge in [-0.1, -0.05) is 31.0 Å². The first-order valence-corrected chi connectivity index (χ1v) is 11.2. The Kier molecular flexibility index (Phi) is 8.27. The number of hydrogen-bond donors (Lipinski definition) is 2. The normalized spacial score (nSPS) is 17.1. The highest BCUT2D eigenvalue weighted by Gasteiger charge is 2.33. The molecular weight excluding hydrogens is 376 g/mol. The summed E-state index contributed by atoms with van der Waals surface area (Å²) in [7, 11) is 3.07. The van der Waals surface area contributed by atoms with Crippen molar-refractivity contribution in [2.24, 2.45) is 10.4 Å². The lowest BCUT2D eigenvalue weighted by Crippen LogP contribution is -2.43. The highest BCUT2D eigenvalue weighted by Crippen LogP contribution is 2.40. The molecule has 28 heavy (non-hydrogen) atoms. The van der Waals surface area contributed by atoms with Gasteiger partial charge in [-0.05, 0) is 36.3 Å². The number of hydrogen-bond acceptors (Lipinski definition) is 4. The summed E-state index contributed by atoms with van der Waals surface area (Å²) in [4.78, 5) is 4.62. The molecule has 2 N–H and O–H groups in total. The van der Waals surface area contributed by atoms with Crippen LogP contribution in [0.3, 0.4) is 0 Å². The van der Waals surface area contributed by atoms with Crippen molar-refractivity contribution in [3.05, 3.63) is 29.8 Å². The average molecular weight is 411 g/mol. The van der Waals surface area contributed by atoms with E-state index in [1.165, 1.54) is 30.0 Å². The van der Waals surface area contributed by atoms with Gasteiger partial charge in [-0.2, -0.15) is 0 Å². The Bertz CT molecular complexity index is 756. The highest BCUT2D eigenvalue weighted by atomic mass is 32.2. The minimum atomic E-state index is -3.49. The number of nitrogens with one attached hydrogen (secondary N) is 2. The van der Waals surface area contributed by atoms with Crippen molar-refractivity contribution >= 4 is 16.0 Å². The lowest BCUT2D eigenvalue weighted by Gasteiger charge is -2.30. The van der Waals surface area contributed by atoms with Crippen LogP contribution in [0.1, 0.15) is 37.7 Å². The van der Waals surface area contributed by atoms with E-state index >= 15 is 0 Å². The third-order valence-corrected chi connectivity index (χ3v) is 7.45. The Morgan fingerprint density at radius 1 is 1.21 bits per heavy atom. The van der Waals surface area contributed by atoms with Crippen molar-refractivity contribution in [2.75, 3.05) is 41.4 Å². The van der Waals surface area contributed by atoms with Crippen LogP contribution in [0, 0.1) is 5.41 Å².